The Bertz CT molecular complexity index is 76.1. The van der Waals surface area contributed by atoms with Crippen LogP contribution in [0.5, 0.6) is 0 Å². The fraction of sp³-hybridized carbons (Fsp3) is 0.917. The smallest absolute Gasteiger partial charge is 0.0383 e. The maximum Gasteiger partial charge on any atom is -0.0383 e. The fourth-order valence-corrected chi connectivity index (χ4v) is 1.54. The highest BCUT2D eigenvalue weighted by Gasteiger charge is 2.04. The molecule has 0 aliphatic carbocycles. The van der Waals surface area contributed by atoms with Gasteiger partial charge in [0.05, 0.1) is 0 Å². The summed E-state index contributed by atoms with van der Waals surface area (Å²) in [6.45, 7) is 6.85. The number of unbranched alkanes of at least 4 members (excludes halogenated alkanes) is 3. The molecule has 0 aromatic heterocycles. The maximum atomic E-state index is 2.48. The van der Waals surface area contributed by atoms with Crippen molar-refractivity contribution in [1.82, 2.24) is 0 Å². The molecule has 73 valence electrons. The molecule has 0 spiro atoms. The predicted octanol–water partition coefficient (Wildman–Crippen LogP) is 4.60. The molecule has 0 bridgehead atoms. The van der Waals surface area contributed by atoms with E-state index in [2.05, 4.69) is 27.2 Å². The molecule has 1 unspecified atom stereocenters. The average Bonchev–Trinajstić information content (AvgIpc) is 2.11. The van der Waals surface area contributed by atoms with Gasteiger partial charge in [-0.2, -0.15) is 0 Å². The third-order valence-electron chi connectivity index (χ3n) is 2.54. The Morgan fingerprint density at radius 1 is 1.08 bits per heavy atom. The third kappa shape index (κ3) is 6.69. The van der Waals surface area contributed by atoms with Gasteiger partial charge in [-0.3, -0.25) is 0 Å². The molecule has 0 aliphatic heterocycles. The Balaban J connectivity index is 3.26. The molecule has 0 rings (SSSR count). The Morgan fingerprint density at radius 2 is 1.83 bits per heavy atom. The summed E-state index contributed by atoms with van der Waals surface area (Å²) in [7, 11) is 0. The second-order valence-electron chi connectivity index (χ2n) is 3.73. The van der Waals surface area contributed by atoms with E-state index in [9.17, 15) is 0 Å². The van der Waals surface area contributed by atoms with Gasteiger partial charge in [0.2, 0.25) is 0 Å². The summed E-state index contributed by atoms with van der Waals surface area (Å²) >= 11 is 0. The van der Waals surface area contributed by atoms with Crippen LogP contribution in [0.25, 0.3) is 0 Å². The molecule has 0 N–H and O–H groups in total. The first-order valence-electron chi connectivity index (χ1n) is 5.66. The molecular weight excluding hydrogens is 144 g/mol. The first-order valence-corrected chi connectivity index (χ1v) is 5.66. The maximum absolute atomic E-state index is 2.48. The van der Waals surface area contributed by atoms with Crippen LogP contribution in [-0.2, 0) is 0 Å². The summed E-state index contributed by atoms with van der Waals surface area (Å²) in [6, 6.07) is 0. The van der Waals surface area contributed by atoms with Gasteiger partial charge in [0.15, 0.2) is 0 Å². The van der Waals surface area contributed by atoms with Crippen LogP contribution in [0, 0.1) is 12.3 Å². The first-order chi connectivity index (χ1) is 5.85. The summed E-state index contributed by atoms with van der Waals surface area (Å²) in [5.41, 5.74) is 0. The minimum atomic E-state index is 0.969. The normalized spacial score (nSPS) is 13.2. The summed E-state index contributed by atoms with van der Waals surface area (Å²) in [5.74, 6) is 0.969. The van der Waals surface area contributed by atoms with Gasteiger partial charge < -0.3 is 0 Å². The van der Waals surface area contributed by atoms with Crippen molar-refractivity contribution in [3.8, 4) is 0 Å². The molecule has 0 saturated heterocycles. The van der Waals surface area contributed by atoms with Gasteiger partial charge in [0.25, 0.3) is 0 Å². The zero-order valence-electron chi connectivity index (χ0n) is 9.10. The van der Waals surface area contributed by atoms with Crippen molar-refractivity contribution in [3.05, 3.63) is 6.42 Å². The largest absolute Gasteiger partial charge is 0.0654 e. The van der Waals surface area contributed by atoms with Gasteiger partial charge in [0.1, 0.15) is 0 Å². The molecule has 0 fully saturated rings. The van der Waals surface area contributed by atoms with Crippen molar-refractivity contribution in [2.45, 2.75) is 65.7 Å². The molecule has 0 heteroatoms. The monoisotopic (exact) mass is 169 g/mol. The van der Waals surface area contributed by atoms with E-state index < -0.39 is 0 Å². The van der Waals surface area contributed by atoms with Gasteiger partial charge in [0, 0.05) is 0 Å². The Labute approximate surface area is 78.8 Å². The van der Waals surface area contributed by atoms with Gasteiger partial charge in [-0.1, -0.05) is 59.3 Å². The summed E-state index contributed by atoms with van der Waals surface area (Å²) in [6.07, 6.45) is 12.0. The molecule has 0 heterocycles. The second-order valence-corrected chi connectivity index (χ2v) is 3.73. The lowest BCUT2D eigenvalue weighted by molar-refractivity contribution is 0.440. The van der Waals surface area contributed by atoms with E-state index in [0.29, 0.717) is 0 Å². The standard InChI is InChI=1S/C12H25/c1-4-7-9-11-12(6-3)10-8-5-2/h9,12H,4-8,10-11H2,1-3H3. The molecule has 0 aromatic carbocycles. The van der Waals surface area contributed by atoms with Crippen molar-refractivity contribution in [2.24, 2.45) is 5.92 Å². The van der Waals surface area contributed by atoms with E-state index in [1.54, 1.807) is 0 Å². The van der Waals surface area contributed by atoms with E-state index in [-0.39, 0.29) is 0 Å². The Kier molecular flexibility index (Phi) is 9.09. The highest BCUT2D eigenvalue weighted by atomic mass is 14.1. The van der Waals surface area contributed by atoms with Crippen LogP contribution >= 0.6 is 0 Å². The topological polar surface area (TPSA) is 0 Å². The summed E-state index contributed by atoms with van der Waals surface area (Å²) in [4.78, 5) is 0. The number of rotatable bonds is 8. The molecule has 0 aromatic rings. The summed E-state index contributed by atoms with van der Waals surface area (Å²) < 4.78 is 0. The van der Waals surface area contributed by atoms with Crippen LogP contribution < -0.4 is 0 Å². The molecule has 0 amide bonds. The zero-order chi connectivity index (χ0) is 9.23. The van der Waals surface area contributed by atoms with Gasteiger partial charge in [-0.05, 0) is 18.8 Å². The lowest BCUT2D eigenvalue weighted by Crippen LogP contribution is -1.98. The molecule has 12 heavy (non-hydrogen) atoms. The minimum absolute atomic E-state index is 0.969. The minimum Gasteiger partial charge on any atom is -0.0654 e. The van der Waals surface area contributed by atoms with Crippen LogP contribution in [-0.4, -0.2) is 0 Å². The third-order valence-corrected chi connectivity index (χ3v) is 2.54. The zero-order valence-corrected chi connectivity index (χ0v) is 9.10. The lowest BCUT2D eigenvalue weighted by atomic mass is 9.93. The van der Waals surface area contributed by atoms with Crippen molar-refractivity contribution in [2.75, 3.05) is 0 Å². The molecular formula is C12H25. The number of hydrogen-bond donors (Lipinski definition) is 0. The van der Waals surface area contributed by atoms with Crippen molar-refractivity contribution in [1.29, 1.82) is 0 Å². The SMILES string of the molecule is CCC[CH]CC(CC)CCCC. The summed E-state index contributed by atoms with van der Waals surface area (Å²) in [5, 5.41) is 0. The van der Waals surface area contributed by atoms with Crippen LogP contribution in [0.3, 0.4) is 0 Å². The van der Waals surface area contributed by atoms with E-state index in [0.717, 1.165) is 5.92 Å². The van der Waals surface area contributed by atoms with Crippen LogP contribution in [0.15, 0.2) is 0 Å². The van der Waals surface area contributed by atoms with Crippen LogP contribution in [0.1, 0.15) is 65.7 Å². The van der Waals surface area contributed by atoms with E-state index in [4.69, 9.17) is 0 Å². The van der Waals surface area contributed by atoms with Gasteiger partial charge in [-0.25, -0.2) is 0 Å². The van der Waals surface area contributed by atoms with Crippen LogP contribution in [0.4, 0.5) is 0 Å². The molecule has 1 radical (unpaired) electrons. The fourth-order valence-electron chi connectivity index (χ4n) is 1.54. The van der Waals surface area contributed by atoms with E-state index in [1.807, 2.05) is 0 Å². The molecule has 0 aliphatic rings. The van der Waals surface area contributed by atoms with Crippen molar-refractivity contribution >= 4 is 0 Å². The predicted molar refractivity (Wildman–Crippen MR) is 57.1 cm³/mol. The van der Waals surface area contributed by atoms with Gasteiger partial charge >= 0.3 is 0 Å². The Morgan fingerprint density at radius 3 is 2.33 bits per heavy atom. The van der Waals surface area contributed by atoms with E-state index in [1.165, 1.54) is 44.9 Å². The lowest BCUT2D eigenvalue weighted by Gasteiger charge is -2.13. The quantitative estimate of drug-likeness (QED) is 0.466. The van der Waals surface area contributed by atoms with E-state index >= 15 is 0 Å². The van der Waals surface area contributed by atoms with Crippen molar-refractivity contribution in [3.63, 3.8) is 0 Å². The molecule has 0 saturated carbocycles. The second kappa shape index (κ2) is 9.09. The Hall–Kier alpha value is 0. The molecule has 1 atom stereocenters. The first kappa shape index (κ1) is 12.0. The average molecular weight is 169 g/mol. The highest BCUT2D eigenvalue weighted by molar-refractivity contribution is 4.69. The molecule has 0 nitrogen and oxygen atoms in total. The highest BCUT2D eigenvalue weighted by Crippen LogP contribution is 2.18. The van der Waals surface area contributed by atoms with Crippen LogP contribution in [0.2, 0.25) is 0 Å². The number of hydrogen-bond acceptors (Lipinski definition) is 0. The van der Waals surface area contributed by atoms with Crippen molar-refractivity contribution < 1.29 is 0 Å². The van der Waals surface area contributed by atoms with Gasteiger partial charge in [-0.15, -0.1) is 0 Å².